The van der Waals surface area contributed by atoms with Crippen molar-refractivity contribution in [2.24, 2.45) is 0 Å². The van der Waals surface area contributed by atoms with E-state index in [-0.39, 0.29) is 10.6 Å². The van der Waals surface area contributed by atoms with Gasteiger partial charge in [0.25, 0.3) is 5.69 Å². The lowest BCUT2D eigenvalue weighted by atomic mass is 10.1. The number of non-ortho nitro benzene ring substituents is 1. The predicted octanol–water partition coefficient (Wildman–Crippen LogP) is 9.14. The first-order valence-corrected chi connectivity index (χ1v) is 12.4. The molecule has 0 heterocycles. The van der Waals surface area contributed by atoms with E-state index >= 15 is 0 Å². The molecule has 0 saturated carbocycles. The molecule has 6 aromatic carbocycles. The fraction of sp³-hybridized carbons (Fsp3) is 0.0303. The summed E-state index contributed by atoms with van der Waals surface area (Å²) in [6.45, 7) is 0. The van der Waals surface area contributed by atoms with Crippen LogP contribution in [0.1, 0.15) is 0 Å². The fourth-order valence-electron chi connectivity index (χ4n) is 4.87. The maximum absolute atomic E-state index is 11.2. The highest BCUT2D eigenvalue weighted by molar-refractivity contribution is 5.92. The third kappa shape index (κ3) is 4.42. The highest BCUT2D eigenvalue weighted by Crippen LogP contribution is 2.38. The van der Waals surface area contributed by atoms with Gasteiger partial charge < -0.3 is 9.80 Å². The Kier molecular flexibility index (Phi) is 5.94. The summed E-state index contributed by atoms with van der Waals surface area (Å²) < 4.78 is 0. The molecule has 6 rings (SSSR count). The van der Waals surface area contributed by atoms with Crippen LogP contribution in [-0.2, 0) is 0 Å². The molecule has 5 heteroatoms. The molecule has 0 amide bonds. The summed E-state index contributed by atoms with van der Waals surface area (Å²) in [5.41, 5.74) is 4.92. The van der Waals surface area contributed by atoms with E-state index in [1.807, 2.05) is 30.1 Å². The Morgan fingerprint density at radius 3 is 1.55 bits per heavy atom. The number of benzene rings is 6. The molecular formula is C33H25N3O2. The molecule has 0 spiro atoms. The van der Waals surface area contributed by atoms with E-state index in [2.05, 4.69) is 102 Å². The average Bonchev–Trinajstić information content (AvgIpc) is 2.97. The molecule has 0 saturated heterocycles. The first kappa shape index (κ1) is 23.3. The molecule has 0 unspecified atom stereocenters. The molecule has 0 aromatic heterocycles. The Morgan fingerprint density at radius 1 is 0.500 bits per heavy atom. The first-order chi connectivity index (χ1) is 18.6. The largest absolute Gasteiger partial charge is 0.344 e. The van der Waals surface area contributed by atoms with E-state index in [9.17, 15) is 10.1 Å². The van der Waals surface area contributed by atoms with Crippen molar-refractivity contribution >= 4 is 55.7 Å². The summed E-state index contributed by atoms with van der Waals surface area (Å²) in [5, 5.41) is 16.0. The minimum Gasteiger partial charge on any atom is -0.344 e. The summed E-state index contributed by atoms with van der Waals surface area (Å²) in [6, 6.07) is 44.7. The van der Waals surface area contributed by atoms with Gasteiger partial charge in [0, 0.05) is 47.6 Å². The van der Waals surface area contributed by atoms with Crippen LogP contribution in [0.25, 0.3) is 21.5 Å². The van der Waals surface area contributed by atoms with Crippen LogP contribution in [-0.4, -0.2) is 12.0 Å². The minimum absolute atomic E-state index is 0.0738. The number of rotatable bonds is 6. The van der Waals surface area contributed by atoms with E-state index in [0.717, 1.165) is 28.4 Å². The number of anilines is 5. The number of hydrogen-bond acceptors (Lipinski definition) is 4. The summed E-state index contributed by atoms with van der Waals surface area (Å²) >= 11 is 0. The average molecular weight is 496 g/mol. The third-order valence-electron chi connectivity index (χ3n) is 6.91. The van der Waals surface area contributed by atoms with Crippen LogP contribution in [0.2, 0.25) is 0 Å². The summed E-state index contributed by atoms with van der Waals surface area (Å²) in [6.07, 6.45) is 0. The van der Waals surface area contributed by atoms with E-state index in [4.69, 9.17) is 0 Å². The van der Waals surface area contributed by atoms with Gasteiger partial charge in [-0.1, -0.05) is 66.7 Å². The second-order valence-electron chi connectivity index (χ2n) is 9.25. The van der Waals surface area contributed by atoms with Gasteiger partial charge in [0.05, 0.1) is 4.92 Å². The Bertz CT molecular complexity index is 1700. The molecule has 0 radical (unpaired) electrons. The maximum atomic E-state index is 11.2. The van der Waals surface area contributed by atoms with Crippen LogP contribution in [0.3, 0.4) is 0 Å². The Labute approximate surface area is 221 Å². The molecule has 5 nitrogen and oxygen atoms in total. The standard InChI is InChI=1S/C33H25N3O2/c1-34(30-11-6-12-33(23-30)36(37)38)28-17-19-29(20-18-28)35(31-15-13-24-7-2-4-9-26(24)21-31)32-16-14-25-8-3-5-10-27(25)22-32/h2-23H,1H3. The lowest BCUT2D eigenvalue weighted by Gasteiger charge is -2.27. The zero-order chi connectivity index (χ0) is 26.1. The van der Waals surface area contributed by atoms with Crippen LogP contribution >= 0.6 is 0 Å². The zero-order valence-electron chi connectivity index (χ0n) is 20.9. The van der Waals surface area contributed by atoms with Gasteiger partial charge in [-0.25, -0.2) is 0 Å². The van der Waals surface area contributed by atoms with Crippen LogP contribution < -0.4 is 9.80 Å². The van der Waals surface area contributed by atoms with Gasteiger partial charge >= 0.3 is 0 Å². The molecule has 0 atom stereocenters. The van der Waals surface area contributed by atoms with Crippen LogP contribution in [0.4, 0.5) is 34.1 Å². The summed E-state index contributed by atoms with van der Waals surface area (Å²) in [4.78, 5) is 15.1. The van der Waals surface area contributed by atoms with Crippen molar-refractivity contribution in [1.29, 1.82) is 0 Å². The fourth-order valence-corrected chi connectivity index (χ4v) is 4.87. The molecule has 0 N–H and O–H groups in total. The van der Waals surface area contributed by atoms with Crippen molar-refractivity contribution in [3.63, 3.8) is 0 Å². The molecule has 0 aliphatic heterocycles. The van der Waals surface area contributed by atoms with Crippen molar-refractivity contribution in [2.75, 3.05) is 16.8 Å². The molecule has 0 aliphatic carbocycles. The molecule has 38 heavy (non-hydrogen) atoms. The number of nitrogens with zero attached hydrogens (tertiary/aromatic N) is 3. The Hall–Kier alpha value is -5.16. The molecule has 6 aromatic rings. The van der Waals surface area contributed by atoms with Gasteiger partial charge in [-0.05, 0) is 76.1 Å². The first-order valence-electron chi connectivity index (χ1n) is 12.4. The normalized spacial score (nSPS) is 11.0. The lowest BCUT2D eigenvalue weighted by molar-refractivity contribution is -0.384. The molecular weight excluding hydrogens is 470 g/mol. The number of hydrogen-bond donors (Lipinski definition) is 0. The maximum Gasteiger partial charge on any atom is 0.271 e. The quantitative estimate of drug-likeness (QED) is 0.171. The second kappa shape index (κ2) is 9.71. The second-order valence-corrected chi connectivity index (χ2v) is 9.25. The van der Waals surface area contributed by atoms with Crippen LogP contribution in [0.15, 0.2) is 133 Å². The van der Waals surface area contributed by atoms with Crippen molar-refractivity contribution in [1.82, 2.24) is 0 Å². The summed E-state index contributed by atoms with van der Waals surface area (Å²) in [5.74, 6) is 0. The smallest absolute Gasteiger partial charge is 0.271 e. The Balaban J connectivity index is 1.42. The topological polar surface area (TPSA) is 49.6 Å². The van der Waals surface area contributed by atoms with Gasteiger partial charge in [0.1, 0.15) is 0 Å². The lowest BCUT2D eigenvalue weighted by Crippen LogP contribution is -2.12. The highest BCUT2D eigenvalue weighted by Gasteiger charge is 2.15. The zero-order valence-corrected chi connectivity index (χ0v) is 20.9. The van der Waals surface area contributed by atoms with Gasteiger partial charge in [-0.2, -0.15) is 0 Å². The van der Waals surface area contributed by atoms with Crippen molar-refractivity contribution in [2.45, 2.75) is 0 Å². The monoisotopic (exact) mass is 495 g/mol. The number of nitro groups is 1. The van der Waals surface area contributed by atoms with E-state index in [0.29, 0.717) is 0 Å². The Morgan fingerprint density at radius 2 is 1.00 bits per heavy atom. The van der Waals surface area contributed by atoms with Crippen molar-refractivity contribution in [3.8, 4) is 0 Å². The molecule has 184 valence electrons. The minimum atomic E-state index is -0.370. The molecule has 0 aliphatic rings. The van der Waals surface area contributed by atoms with Gasteiger partial charge in [0.2, 0.25) is 0 Å². The van der Waals surface area contributed by atoms with Crippen LogP contribution in [0.5, 0.6) is 0 Å². The van der Waals surface area contributed by atoms with Gasteiger partial charge in [-0.15, -0.1) is 0 Å². The molecule has 0 bridgehead atoms. The van der Waals surface area contributed by atoms with E-state index in [1.54, 1.807) is 12.1 Å². The molecule has 0 fully saturated rings. The van der Waals surface area contributed by atoms with E-state index in [1.165, 1.54) is 27.6 Å². The van der Waals surface area contributed by atoms with E-state index < -0.39 is 0 Å². The SMILES string of the molecule is CN(c1ccc(N(c2ccc3ccccc3c2)c2ccc3ccccc3c2)cc1)c1cccc([N+](=O)[O-])c1. The third-order valence-corrected chi connectivity index (χ3v) is 6.91. The summed E-state index contributed by atoms with van der Waals surface area (Å²) in [7, 11) is 1.92. The van der Waals surface area contributed by atoms with Gasteiger partial charge in [-0.3, -0.25) is 10.1 Å². The highest BCUT2D eigenvalue weighted by atomic mass is 16.6. The predicted molar refractivity (Wildman–Crippen MR) is 157 cm³/mol. The van der Waals surface area contributed by atoms with Crippen molar-refractivity contribution < 1.29 is 4.92 Å². The van der Waals surface area contributed by atoms with Gasteiger partial charge in [0.15, 0.2) is 0 Å². The van der Waals surface area contributed by atoms with Crippen LogP contribution in [0, 0.1) is 10.1 Å². The number of nitro benzene ring substituents is 1. The van der Waals surface area contributed by atoms with Crippen molar-refractivity contribution in [3.05, 3.63) is 144 Å². The number of fused-ring (bicyclic) bond motifs is 2.